The van der Waals surface area contributed by atoms with Crippen LogP contribution in [-0.2, 0) is 6.42 Å². The van der Waals surface area contributed by atoms with Gasteiger partial charge in [0.15, 0.2) is 11.6 Å². The molecule has 4 aromatic carbocycles. The zero-order valence-electron chi connectivity index (χ0n) is 18.3. The fourth-order valence-corrected chi connectivity index (χ4v) is 3.85. The van der Waals surface area contributed by atoms with Gasteiger partial charge in [-0.05, 0) is 71.3 Å². The van der Waals surface area contributed by atoms with Gasteiger partial charge < -0.3 is 0 Å². The second kappa shape index (κ2) is 10.2. The highest BCUT2D eigenvalue weighted by atomic mass is 19.2. The summed E-state index contributed by atoms with van der Waals surface area (Å²) >= 11 is 0. The number of aryl methyl sites for hydroxylation is 1. The molecule has 0 bridgehead atoms. The molecule has 4 rings (SSSR count). The summed E-state index contributed by atoms with van der Waals surface area (Å²) in [7, 11) is 0. The second-order valence-electron chi connectivity index (χ2n) is 8.13. The largest absolute Gasteiger partial charge is 0.204 e. The summed E-state index contributed by atoms with van der Waals surface area (Å²) < 4.78 is 27.3. The Hall–Kier alpha value is -3.44. The third-order valence-corrected chi connectivity index (χ3v) is 5.75. The number of unbranched alkanes of at least 4 members (excludes halogenated alkanes) is 3. The van der Waals surface area contributed by atoms with E-state index in [4.69, 9.17) is 0 Å². The molecule has 0 radical (unpaired) electrons. The van der Waals surface area contributed by atoms with Crippen molar-refractivity contribution in [3.8, 4) is 23.0 Å². The minimum atomic E-state index is -0.824. The number of fused-ring (bicyclic) bond motifs is 1. The fraction of sp³-hybridized carbons (Fsp3) is 0.200. The van der Waals surface area contributed by atoms with Gasteiger partial charge in [0.05, 0.1) is 0 Å². The number of hydrogen-bond acceptors (Lipinski definition) is 0. The minimum Gasteiger partial charge on any atom is -0.204 e. The predicted molar refractivity (Wildman–Crippen MR) is 130 cm³/mol. The Balaban J connectivity index is 1.44. The van der Waals surface area contributed by atoms with Gasteiger partial charge in [-0.15, -0.1) is 0 Å². The average molecular weight is 425 g/mol. The van der Waals surface area contributed by atoms with Gasteiger partial charge in [-0.25, -0.2) is 8.78 Å². The van der Waals surface area contributed by atoms with Gasteiger partial charge in [0.1, 0.15) is 0 Å². The lowest BCUT2D eigenvalue weighted by molar-refractivity contribution is 0.517. The van der Waals surface area contributed by atoms with Crippen molar-refractivity contribution in [2.75, 3.05) is 0 Å². The van der Waals surface area contributed by atoms with E-state index in [0.717, 1.165) is 28.7 Å². The molecule has 0 saturated carbocycles. The van der Waals surface area contributed by atoms with Crippen molar-refractivity contribution >= 4 is 10.8 Å². The topological polar surface area (TPSA) is 0 Å². The van der Waals surface area contributed by atoms with Crippen molar-refractivity contribution < 1.29 is 8.78 Å². The summed E-state index contributed by atoms with van der Waals surface area (Å²) in [4.78, 5) is 0. The molecular weight excluding hydrogens is 398 g/mol. The molecule has 0 aliphatic rings. The van der Waals surface area contributed by atoms with Crippen molar-refractivity contribution in [1.29, 1.82) is 0 Å². The molecule has 0 saturated heterocycles. The summed E-state index contributed by atoms with van der Waals surface area (Å²) in [6, 6.07) is 24.6. The van der Waals surface area contributed by atoms with E-state index in [9.17, 15) is 8.78 Å². The Morgan fingerprint density at radius 3 is 2.00 bits per heavy atom. The molecular formula is C30H26F2. The monoisotopic (exact) mass is 424 g/mol. The van der Waals surface area contributed by atoms with E-state index in [2.05, 4.69) is 43.0 Å². The maximum Gasteiger partial charge on any atom is 0.166 e. The SMILES string of the molecule is CCCCCCc1ccc(C#Cc2ccc(-c3ccc4c(F)c(F)ccc4c3)cc2)cc1. The first-order valence-electron chi connectivity index (χ1n) is 11.2. The van der Waals surface area contributed by atoms with Crippen LogP contribution in [0.1, 0.15) is 49.3 Å². The van der Waals surface area contributed by atoms with Crippen LogP contribution in [0.3, 0.4) is 0 Å². The van der Waals surface area contributed by atoms with Crippen molar-refractivity contribution in [1.82, 2.24) is 0 Å². The van der Waals surface area contributed by atoms with Crippen LogP contribution >= 0.6 is 0 Å². The summed E-state index contributed by atoms with van der Waals surface area (Å²) in [5, 5.41) is 0.974. The lowest BCUT2D eigenvalue weighted by atomic mass is 10.00. The van der Waals surface area contributed by atoms with Gasteiger partial charge in [0.2, 0.25) is 0 Å². The molecule has 0 fully saturated rings. The van der Waals surface area contributed by atoms with E-state index in [1.165, 1.54) is 37.3 Å². The van der Waals surface area contributed by atoms with E-state index in [-0.39, 0.29) is 0 Å². The summed E-state index contributed by atoms with van der Waals surface area (Å²) in [6.45, 7) is 2.23. The van der Waals surface area contributed by atoms with Gasteiger partial charge in [0.25, 0.3) is 0 Å². The van der Waals surface area contributed by atoms with Gasteiger partial charge in [-0.1, -0.05) is 80.5 Å². The van der Waals surface area contributed by atoms with Crippen molar-refractivity contribution in [2.24, 2.45) is 0 Å². The normalized spacial score (nSPS) is 10.7. The third-order valence-electron chi connectivity index (χ3n) is 5.75. The maximum absolute atomic E-state index is 13.9. The average Bonchev–Trinajstić information content (AvgIpc) is 2.84. The first-order valence-corrected chi connectivity index (χ1v) is 11.2. The van der Waals surface area contributed by atoms with Crippen LogP contribution < -0.4 is 0 Å². The Morgan fingerprint density at radius 2 is 1.31 bits per heavy atom. The first kappa shape index (κ1) is 21.8. The fourth-order valence-electron chi connectivity index (χ4n) is 3.85. The molecule has 2 heteroatoms. The third kappa shape index (κ3) is 5.24. The predicted octanol–water partition coefficient (Wildman–Crippen LogP) is 8.31. The zero-order valence-corrected chi connectivity index (χ0v) is 18.3. The highest BCUT2D eigenvalue weighted by molar-refractivity contribution is 5.88. The number of halogens is 2. The van der Waals surface area contributed by atoms with Crippen LogP contribution in [-0.4, -0.2) is 0 Å². The van der Waals surface area contributed by atoms with Crippen LogP contribution in [0.4, 0.5) is 8.78 Å². The quantitative estimate of drug-likeness (QED) is 0.216. The smallest absolute Gasteiger partial charge is 0.166 e. The Morgan fingerprint density at radius 1 is 0.656 bits per heavy atom. The molecule has 0 N–H and O–H groups in total. The molecule has 0 amide bonds. The molecule has 0 unspecified atom stereocenters. The van der Waals surface area contributed by atoms with E-state index in [0.29, 0.717) is 10.8 Å². The Labute approximate surface area is 188 Å². The van der Waals surface area contributed by atoms with Crippen LogP contribution in [0.2, 0.25) is 0 Å². The Bertz CT molecular complexity index is 1260. The van der Waals surface area contributed by atoms with Crippen molar-refractivity contribution in [2.45, 2.75) is 39.0 Å². The zero-order chi connectivity index (χ0) is 22.3. The van der Waals surface area contributed by atoms with Crippen molar-refractivity contribution in [3.63, 3.8) is 0 Å². The standard InChI is InChI=1S/C30H26F2/c1-2-3-4-5-6-22-7-9-23(10-8-22)11-12-24-13-15-25(16-14-24)26-17-19-28-27(21-26)18-20-29(31)30(28)32/h7-10,13-21H,2-6H2,1H3. The highest BCUT2D eigenvalue weighted by Crippen LogP contribution is 2.27. The molecule has 0 atom stereocenters. The molecule has 32 heavy (non-hydrogen) atoms. The van der Waals surface area contributed by atoms with Gasteiger partial charge >= 0.3 is 0 Å². The van der Waals surface area contributed by atoms with Gasteiger partial charge in [0, 0.05) is 16.5 Å². The summed E-state index contributed by atoms with van der Waals surface area (Å²) in [6.07, 6.45) is 6.24. The molecule has 0 aliphatic heterocycles. The van der Waals surface area contributed by atoms with E-state index >= 15 is 0 Å². The molecule has 0 aromatic heterocycles. The van der Waals surface area contributed by atoms with E-state index in [1.807, 2.05) is 36.4 Å². The van der Waals surface area contributed by atoms with Crippen LogP contribution in [0.5, 0.6) is 0 Å². The Kier molecular flexibility index (Phi) is 6.97. The second-order valence-corrected chi connectivity index (χ2v) is 8.13. The van der Waals surface area contributed by atoms with E-state index < -0.39 is 11.6 Å². The van der Waals surface area contributed by atoms with Crippen LogP contribution in [0.15, 0.2) is 78.9 Å². The van der Waals surface area contributed by atoms with Crippen LogP contribution in [0, 0.1) is 23.5 Å². The molecule has 4 aromatic rings. The lowest BCUT2D eigenvalue weighted by Gasteiger charge is -2.06. The number of rotatable bonds is 6. The number of hydrogen-bond donors (Lipinski definition) is 0. The molecule has 0 aliphatic carbocycles. The van der Waals surface area contributed by atoms with Crippen LogP contribution in [0.25, 0.3) is 21.9 Å². The summed E-state index contributed by atoms with van der Waals surface area (Å²) in [5.41, 5.74) is 5.28. The summed E-state index contributed by atoms with van der Waals surface area (Å²) in [5.74, 6) is 4.83. The maximum atomic E-state index is 13.9. The van der Waals surface area contributed by atoms with E-state index in [1.54, 1.807) is 12.1 Å². The number of benzene rings is 4. The van der Waals surface area contributed by atoms with Gasteiger partial charge in [-0.3, -0.25) is 0 Å². The lowest BCUT2D eigenvalue weighted by Crippen LogP contribution is -1.87. The minimum absolute atomic E-state index is 0.295. The van der Waals surface area contributed by atoms with Gasteiger partial charge in [-0.2, -0.15) is 0 Å². The van der Waals surface area contributed by atoms with Crippen molar-refractivity contribution in [3.05, 3.63) is 107 Å². The molecule has 160 valence electrons. The molecule has 0 heterocycles. The highest BCUT2D eigenvalue weighted by Gasteiger charge is 2.08. The molecule has 0 spiro atoms. The first-order chi connectivity index (χ1) is 15.6. The molecule has 0 nitrogen and oxygen atoms in total.